The summed E-state index contributed by atoms with van der Waals surface area (Å²) in [5.74, 6) is -3.22. The monoisotopic (exact) mass is 2180 g/mol. The highest BCUT2D eigenvalue weighted by atomic mass is 79.9. The number of alkyl halides is 2. The number of Topliss-reactive ketones (excluding diaryl/α,β-unsaturated/α-hetero) is 4. The third-order valence-corrected chi connectivity index (χ3v) is 25.4. The third kappa shape index (κ3) is 87.9. The zero-order chi connectivity index (χ0) is 106. The molecule has 145 heavy (non-hydrogen) atoms. The highest BCUT2D eigenvalue weighted by Gasteiger charge is 2.30. The lowest BCUT2D eigenvalue weighted by Gasteiger charge is -2.19. The van der Waals surface area contributed by atoms with Gasteiger partial charge in [0.15, 0.2) is 0 Å². The van der Waals surface area contributed by atoms with E-state index in [0.29, 0.717) is 116 Å². The summed E-state index contributed by atoms with van der Waals surface area (Å²) in [6.45, 7) is 20.7. The van der Waals surface area contributed by atoms with Gasteiger partial charge in [-0.05, 0) is 128 Å². The molecule has 0 fully saturated rings. The van der Waals surface area contributed by atoms with Crippen molar-refractivity contribution >= 4 is 114 Å². The molecular formula is C112H194Br2N6O25. The molecule has 9 N–H and O–H groups in total. The second-order valence-corrected chi connectivity index (χ2v) is 39.3. The molecule has 0 saturated carbocycles. The standard InChI is InChI=1S/C48H85Br2N5O14.C31H58O4.C22H25NO6.C9H18O.2CH4/c49-37-40(56)36-39(18-17-25-52-45(60)38-50)47(63)54-27-31-69-35-33-67-29-23-43(58)53-26-30-68-34-32-66-28-22-42(57)51-24-16-15-19-41(48(64)65)55-44(59)20-13-11-9-7-5-3-1-2-4-6-8-10-12-14-21-46(61)62;1-6-7-20-23-28(27(2)32)26-29(33)24-21-18-16-14-12-10-8-9-11-13-15-17-19-22-25-30(34)35-31(3,4)5;24-21(25)9-11-27-13-14-28-12-10-23-22(26)29-15-20-18-7-3-1-5-16(18)17-6-2-4-8-19(17)20;1-4-5-6-7-8(2)9(3)10;;/h39,41H,1-38H2,(H,51,57)(H,52,60)(H,53,58)(H,54,63)(H,55,59)(H,61,62)(H,64,65);28H,6-26H2,1-5H3;1-8,20H,9-15H2,(H,23,26)(H,24,25);8H,4-7H2,1-3H3;2*1H4/t39-,41?;28-;;8-;;/m11.0../s1. The van der Waals surface area contributed by atoms with Crippen LogP contribution in [0.1, 0.15) is 408 Å². The van der Waals surface area contributed by atoms with E-state index in [1.165, 1.54) is 151 Å². The number of nitrogens with one attached hydrogen (secondary N) is 6. The fourth-order valence-corrected chi connectivity index (χ4v) is 16.2. The average molecular weight is 2180 g/mol. The molecule has 0 heterocycles. The van der Waals surface area contributed by atoms with Gasteiger partial charge in [0.2, 0.25) is 29.5 Å². The first-order chi connectivity index (χ1) is 68.9. The molecule has 0 spiro atoms. The van der Waals surface area contributed by atoms with Crippen molar-refractivity contribution in [2.75, 3.05) is 129 Å². The van der Waals surface area contributed by atoms with Crippen LogP contribution in [0.4, 0.5) is 4.79 Å². The molecule has 31 nitrogen and oxygen atoms in total. The summed E-state index contributed by atoms with van der Waals surface area (Å²) in [6, 6.07) is 15.4. The lowest BCUT2D eigenvalue weighted by atomic mass is 9.91. The first-order valence-electron chi connectivity index (χ1n) is 53.9. The quantitative estimate of drug-likeness (QED) is 0.0169. The van der Waals surface area contributed by atoms with Crippen molar-refractivity contribution in [1.82, 2.24) is 31.9 Å². The Morgan fingerprint density at radius 3 is 1.17 bits per heavy atom. The van der Waals surface area contributed by atoms with Crippen LogP contribution < -0.4 is 31.9 Å². The largest absolute Gasteiger partial charge is 0.481 e. The van der Waals surface area contributed by atoms with Crippen LogP contribution in [-0.2, 0) is 100 Å². The molecule has 2 aromatic rings. The Morgan fingerprint density at radius 2 is 0.738 bits per heavy atom. The second-order valence-electron chi connectivity index (χ2n) is 38.1. The zero-order valence-corrected chi connectivity index (χ0v) is 91.8. The van der Waals surface area contributed by atoms with Gasteiger partial charge in [-0.15, -0.1) is 0 Å². The average Bonchev–Trinajstić information content (AvgIpc) is 1.61. The summed E-state index contributed by atoms with van der Waals surface area (Å²) in [6.07, 6.45) is 46.1. The van der Waals surface area contributed by atoms with E-state index in [9.17, 15) is 72.2 Å². The second kappa shape index (κ2) is 98.4. The minimum absolute atomic E-state index is 0. The van der Waals surface area contributed by atoms with Crippen LogP contribution in [-0.4, -0.2) is 239 Å². The predicted molar refractivity (Wildman–Crippen MR) is 581 cm³/mol. The molecule has 0 aliphatic heterocycles. The number of rotatable bonds is 91. The Bertz CT molecular complexity index is 3660. The van der Waals surface area contributed by atoms with E-state index in [2.05, 4.69) is 102 Å². The van der Waals surface area contributed by atoms with Crippen molar-refractivity contribution in [3.05, 3.63) is 59.7 Å². The zero-order valence-electron chi connectivity index (χ0n) is 88.6. The van der Waals surface area contributed by atoms with Crippen LogP contribution in [0.15, 0.2) is 48.5 Å². The minimum atomic E-state index is -1.06. The van der Waals surface area contributed by atoms with Gasteiger partial charge in [-0.2, -0.15) is 0 Å². The molecule has 1 unspecified atom stereocenters. The van der Waals surface area contributed by atoms with Crippen molar-refractivity contribution in [3.8, 4) is 11.1 Å². The molecule has 0 saturated heterocycles. The highest BCUT2D eigenvalue weighted by Crippen LogP contribution is 2.44. The number of carbonyl (C=O) groups is 14. The fourth-order valence-electron chi connectivity index (χ4n) is 15.8. The summed E-state index contributed by atoms with van der Waals surface area (Å²) in [4.78, 5) is 163. The smallest absolute Gasteiger partial charge is 0.407 e. The molecule has 0 radical (unpaired) electrons. The van der Waals surface area contributed by atoms with Gasteiger partial charge in [0.1, 0.15) is 41.4 Å². The summed E-state index contributed by atoms with van der Waals surface area (Å²) < 4.78 is 43.0. The number of carboxylic acid groups (broad SMARTS) is 3. The van der Waals surface area contributed by atoms with E-state index in [-0.39, 0.29) is 200 Å². The Balaban J connectivity index is -0.00000218. The lowest BCUT2D eigenvalue weighted by Crippen LogP contribution is -2.40. The summed E-state index contributed by atoms with van der Waals surface area (Å²) >= 11 is 6.21. The maximum absolute atomic E-state index is 12.6. The number of amides is 6. The summed E-state index contributed by atoms with van der Waals surface area (Å²) in [7, 11) is 0. The normalized spacial score (nSPS) is 12.0. The van der Waals surface area contributed by atoms with E-state index >= 15 is 0 Å². The topological polar surface area (TPSA) is 446 Å². The first kappa shape index (κ1) is 141. The van der Waals surface area contributed by atoms with Crippen LogP contribution in [0.3, 0.4) is 0 Å². The van der Waals surface area contributed by atoms with E-state index < -0.39 is 36.0 Å². The minimum Gasteiger partial charge on any atom is -0.481 e. The molecular weight excluding hydrogens is 1990 g/mol. The highest BCUT2D eigenvalue weighted by molar-refractivity contribution is 9.09. The molecule has 33 heteroatoms. The van der Waals surface area contributed by atoms with E-state index in [1.54, 1.807) is 13.8 Å². The SMILES string of the molecule is C.C.CCCCC[C@H](C)C(C)=O.CCCCC[C@H](CC(=O)CCCCCCCCCCCCCCCCC(=O)OC(C)(C)C)C(C)=O.O=C(O)CCCCCCCCCCCCCCCCC(=O)NC(CCCCNC(=O)CCOCCOCCNC(=O)CCOCCOCCNC(=O)[C@H](CCCNC(=O)CBr)CC(=O)CBr)C(=O)O.O=C(O)CCOCCOCCNC(=O)OCC1c2ccccc2-c2ccccc21. The molecule has 0 aromatic heterocycles. The van der Waals surface area contributed by atoms with Gasteiger partial charge >= 0.3 is 30.0 Å². The van der Waals surface area contributed by atoms with Crippen molar-refractivity contribution in [2.24, 2.45) is 17.8 Å². The number of esters is 1. The third-order valence-electron chi connectivity index (χ3n) is 24.2. The van der Waals surface area contributed by atoms with Gasteiger partial charge in [0.05, 0.1) is 96.4 Å². The number of carbonyl (C=O) groups excluding carboxylic acids is 11. The Hall–Kier alpha value is -7.66. The van der Waals surface area contributed by atoms with E-state index in [4.69, 9.17) is 48.1 Å². The van der Waals surface area contributed by atoms with Gasteiger partial charge < -0.3 is 85.1 Å². The number of halogens is 2. The lowest BCUT2D eigenvalue weighted by molar-refractivity contribution is -0.155. The van der Waals surface area contributed by atoms with Crippen molar-refractivity contribution in [2.45, 2.75) is 409 Å². The number of carboxylic acids is 3. The van der Waals surface area contributed by atoms with Gasteiger partial charge in [-0.3, -0.25) is 57.5 Å². The molecule has 4 atom stereocenters. The van der Waals surface area contributed by atoms with Gasteiger partial charge in [0, 0.05) is 108 Å². The molecule has 0 bridgehead atoms. The summed E-state index contributed by atoms with van der Waals surface area (Å²) in [5, 5.41) is 43.5. The van der Waals surface area contributed by atoms with Crippen LogP contribution >= 0.6 is 31.9 Å². The Kier molecular flexibility index (Phi) is 96.0. The van der Waals surface area contributed by atoms with Crippen molar-refractivity contribution in [3.63, 3.8) is 0 Å². The molecule has 6 amide bonds. The number of benzene rings is 2. The van der Waals surface area contributed by atoms with Crippen LogP contribution in [0.2, 0.25) is 0 Å². The number of hydrogen-bond donors (Lipinski definition) is 9. The van der Waals surface area contributed by atoms with Gasteiger partial charge in [0.25, 0.3) is 0 Å². The van der Waals surface area contributed by atoms with Gasteiger partial charge in [-0.1, -0.05) is 309 Å². The first-order valence-corrected chi connectivity index (χ1v) is 56.1. The Morgan fingerprint density at radius 1 is 0.359 bits per heavy atom. The fraction of sp³-hybridized carbons (Fsp3) is 0.768. The van der Waals surface area contributed by atoms with E-state index in [1.807, 2.05) is 52.0 Å². The molecule has 2 aromatic carbocycles. The summed E-state index contributed by atoms with van der Waals surface area (Å²) in [5.41, 5.74) is 4.36. The Labute approximate surface area is 888 Å². The number of hydrogen-bond acceptors (Lipinski definition) is 22. The molecule has 1 aliphatic carbocycles. The molecule has 3 rings (SSSR count). The number of ether oxygens (including phenoxy) is 8. The molecule has 836 valence electrons. The predicted octanol–water partition coefficient (Wildman–Crippen LogP) is 21.9. The van der Waals surface area contributed by atoms with Crippen LogP contribution in [0.25, 0.3) is 11.1 Å². The van der Waals surface area contributed by atoms with Crippen molar-refractivity contribution in [1.29, 1.82) is 0 Å². The van der Waals surface area contributed by atoms with Crippen molar-refractivity contribution < 1.29 is 120 Å². The number of aliphatic carboxylic acids is 3. The number of ketones is 4. The van der Waals surface area contributed by atoms with Gasteiger partial charge in [-0.25, -0.2) is 9.59 Å². The number of fused-ring (bicyclic) bond motifs is 3. The number of unbranched alkanes of at least 4 members (excludes halogenated alkanes) is 31. The van der Waals surface area contributed by atoms with E-state index in [0.717, 1.165) is 103 Å². The maximum atomic E-state index is 12.6. The maximum Gasteiger partial charge on any atom is 0.407 e. The van der Waals surface area contributed by atoms with Crippen LogP contribution in [0, 0.1) is 17.8 Å². The van der Waals surface area contributed by atoms with Crippen LogP contribution in [0.5, 0.6) is 0 Å². The molecule has 1 aliphatic rings. The number of alkyl carbamates (subject to hydrolysis) is 1.